The standard InChI is InChI=1S/C30H43N5O8/c1-16(36)42-23(26(31)38)8-7-21(33-29(41)43-30(2,3)4)27(39)32-22-6-5-9-35(28(22)40)15-24(37)34-25-19-11-17-10-18(13-19)14-20(25)12-17/h5-6,9,17-21,23,25H,7-8,10-15H2,1-4H3,(H2,31,38)(H,32,39)(H,33,41)(H,34,37)/t17?,18?,19?,20?,21-,23?,25?/m0/s1. The Balaban J connectivity index is 1.42. The van der Waals surface area contributed by atoms with Gasteiger partial charge in [-0.1, -0.05) is 0 Å². The topological polar surface area (TPSA) is 188 Å². The van der Waals surface area contributed by atoms with Crippen molar-refractivity contribution in [2.45, 2.75) is 103 Å². The second kappa shape index (κ2) is 13.2. The van der Waals surface area contributed by atoms with Crippen LogP contribution < -0.4 is 27.2 Å². The molecular weight excluding hydrogens is 558 g/mol. The summed E-state index contributed by atoms with van der Waals surface area (Å²) in [6.07, 6.45) is 4.83. The van der Waals surface area contributed by atoms with E-state index in [0.29, 0.717) is 11.8 Å². The van der Waals surface area contributed by atoms with Gasteiger partial charge in [-0.25, -0.2) is 4.79 Å². The Morgan fingerprint density at radius 3 is 2.21 bits per heavy atom. The van der Waals surface area contributed by atoms with Gasteiger partial charge in [0.25, 0.3) is 11.5 Å². The summed E-state index contributed by atoms with van der Waals surface area (Å²) in [6, 6.07) is 1.78. The maximum atomic E-state index is 13.3. The molecule has 0 aromatic carbocycles. The van der Waals surface area contributed by atoms with Crippen molar-refractivity contribution in [1.29, 1.82) is 0 Å². The summed E-state index contributed by atoms with van der Waals surface area (Å²) in [5.41, 5.74) is 3.77. The van der Waals surface area contributed by atoms with Crippen LogP contribution in [0.3, 0.4) is 0 Å². The minimum Gasteiger partial charge on any atom is -0.452 e. The first-order valence-electron chi connectivity index (χ1n) is 14.9. The van der Waals surface area contributed by atoms with Gasteiger partial charge in [-0.3, -0.25) is 24.0 Å². The molecular formula is C30H43N5O8. The Hall–Kier alpha value is -3.90. The van der Waals surface area contributed by atoms with E-state index in [1.807, 2.05) is 0 Å². The Bertz CT molecular complexity index is 1270. The quantitative estimate of drug-likeness (QED) is 0.276. The molecule has 4 aliphatic rings. The number of nitrogens with one attached hydrogen (secondary N) is 3. The number of esters is 1. The Morgan fingerprint density at radius 1 is 1.02 bits per heavy atom. The third-order valence-electron chi connectivity index (χ3n) is 8.50. The number of pyridine rings is 1. The summed E-state index contributed by atoms with van der Waals surface area (Å²) in [7, 11) is 0. The minimum absolute atomic E-state index is 0.0997. The summed E-state index contributed by atoms with van der Waals surface area (Å²) in [6.45, 7) is 5.86. The lowest BCUT2D eigenvalue weighted by Gasteiger charge is -2.54. The molecule has 0 saturated heterocycles. The molecule has 13 nitrogen and oxygen atoms in total. The lowest BCUT2D eigenvalue weighted by atomic mass is 9.54. The molecule has 1 aromatic rings. The van der Waals surface area contributed by atoms with Crippen LogP contribution in [0, 0.1) is 23.7 Å². The van der Waals surface area contributed by atoms with Crippen LogP contribution in [0.4, 0.5) is 10.5 Å². The van der Waals surface area contributed by atoms with E-state index >= 15 is 0 Å². The van der Waals surface area contributed by atoms with Gasteiger partial charge in [0.2, 0.25) is 11.8 Å². The van der Waals surface area contributed by atoms with Gasteiger partial charge in [-0.05, 0) is 102 Å². The molecule has 1 aromatic heterocycles. The van der Waals surface area contributed by atoms with Crippen LogP contribution in [0.25, 0.3) is 0 Å². The molecule has 4 bridgehead atoms. The molecule has 0 aliphatic heterocycles. The Morgan fingerprint density at radius 2 is 1.65 bits per heavy atom. The molecule has 43 heavy (non-hydrogen) atoms. The number of carbonyl (C=O) groups is 5. The van der Waals surface area contributed by atoms with Gasteiger partial charge in [0, 0.05) is 19.2 Å². The SMILES string of the molecule is CC(=O)OC(CC[C@H](NC(=O)OC(C)(C)C)C(=O)Nc1cccn(CC(=O)NC2C3CC4CC(C3)CC2C4)c1=O)C(N)=O. The average Bonchev–Trinajstić information content (AvgIpc) is 2.88. The summed E-state index contributed by atoms with van der Waals surface area (Å²) >= 11 is 0. The minimum atomic E-state index is -1.32. The highest BCUT2D eigenvalue weighted by atomic mass is 16.6. The van der Waals surface area contributed by atoms with Crippen molar-refractivity contribution >= 4 is 35.5 Å². The zero-order chi connectivity index (χ0) is 31.5. The molecule has 1 heterocycles. The number of hydrogen-bond donors (Lipinski definition) is 4. The molecule has 0 spiro atoms. The molecule has 5 N–H and O–H groups in total. The smallest absolute Gasteiger partial charge is 0.408 e. The van der Waals surface area contributed by atoms with Crippen molar-refractivity contribution in [2.24, 2.45) is 29.4 Å². The van der Waals surface area contributed by atoms with Gasteiger partial charge in [0.1, 0.15) is 23.9 Å². The van der Waals surface area contributed by atoms with Crippen molar-refractivity contribution in [3.63, 3.8) is 0 Å². The van der Waals surface area contributed by atoms with Crippen molar-refractivity contribution < 1.29 is 33.4 Å². The van der Waals surface area contributed by atoms with Gasteiger partial charge in [-0.2, -0.15) is 0 Å². The fraction of sp³-hybridized carbons (Fsp3) is 0.667. The highest BCUT2D eigenvalue weighted by molar-refractivity contribution is 5.96. The van der Waals surface area contributed by atoms with E-state index in [1.54, 1.807) is 20.8 Å². The second-order valence-corrected chi connectivity index (χ2v) is 13.1. The number of alkyl carbamates (subject to hydrolysis) is 1. The maximum absolute atomic E-state index is 13.3. The van der Waals surface area contributed by atoms with E-state index in [2.05, 4.69) is 16.0 Å². The molecule has 13 heteroatoms. The molecule has 4 amide bonds. The fourth-order valence-corrected chi connectivity index (χ4v) is 7.02. The maximum Gasteiger partial charge on any atom is 0.408 e. The van der Waals surface area contributed by atoms with Crippen molar-refractivity contribution in [1.82, 2.24) is 15.2 Å². The Kier molecular flexibility index (Phi) is 9.81. The van der Waals surface area contributed by atoms with Crippen LogP contribution in [0.2, 0.25) is 0 Å². The van der Waals surface area contributed by atoms with Crippen LogP contribution >= 0.6 is 0 Å². The number of amides is 4. The summed E-state index contributed by atoms with van der Waals surface area (Å²) in [5.74, 6) is -0.142. The van der Waals surface area contributed by atoms with Crippen molar-refractivity contribution in [3.8, 4) is 0 Å². The highest BCUT2D eigenvalue weighted by Gasteiger charge is 2.48. The number of nitrogens with zero attached hydrogens (tertiary/aromatic N) is 1. The zero-order valence-corrected chi connectivity index (χ0v) is 25.2. The lowest BCUT2D eigenvalue weighted by Crippen LogP contribution is -2.56. The first kappa shape index (κ1) is 32.0. The summed E-state index contributed by atoms with van der Waals surface area (Å²) < 4.78 is 11.4. The molecule has 0 radical (unpaired) electrons. The predicted molar refractivity (Wildman–Crippen MR) is 155 cm³/mol. The van der Waals surface area contributed by atoms with Crippen molar-refractivity contribution in [3.05, 3.63) is 28.7 Å². The number of ether oxygens (including phenoxy) is 2. The molecule has 4 fully saturated rings. The highest BCUT2D eigenvalue weighted by Crippen LogP contribution is 2.53. The van der Waals surface area contributed by atoms with Crippen LogP contribution in [-0.2, 0) is 35.2 Å². The second-order valence-electron chi connectivity index (χ2n) is 13.1. The predicted octanol–water partition coefficient (Wildman–Crippen LogP) is 1.82. The van der Waals surface area contributed by atoms with Gasteiger partial charge < -0.3 is 35.7 Å². The Labute approximate surface area is 250 Å². The lowest BCUT2D eigenvalue weighted by molar-refractivity contribution is -0.153. The fourth-order valence-electron chi connectivity index (χ4n) is 7.02. The number of nitrogens with two attached hydrogens (primary N) is 1. The number of aromatic nitrogens is 1. The van der Waals surface area contributed by atoms with E-state index in [4.69, 9.17) is 15.2 Å². The molecule has 236 valence electrons. The average molecular weight is 602 g/mol. The van der Waals surface area contributed by atoms with Crippen LogP contribution in [0.1, 0.15) is 72.6 Å². The van der Waals surface area contributed by atoms with E-state index in [9.17, 15) is 28.8 Å². The largest absolute Gasteiger partial charge is 0.452 e. The van der Waals surface area contributed by atoms with Gasteiger partial charge in [0.05, 0.1) is 0 Å². The number of carbonyl (C=O) groups excluding carboxylic acids is 5. The zero-order valence-electron chi connectivity index (χ0n) is 25.2. The third kappa shape index (κ3) is 8.57. The molecule has 2 atom stereocenters. The van der Waals surface area contributed by atoms with Gasteiger partial charge in [-0.15, -0.1) is 0 Å². The van der Waals surface area contributed by atoms with E-state index in [1.165, 1.54) is 29.3 Å². The monoisotopic (exact) mass is 601 g/mol. The summed E-state index contributed by atoms with van der Waals surface area (Å²) in [5, 5.41) is 8.14. The van der Waals surface area contributed by atoms with Gasteiger partial charge in [0.15, 0.2) is 6.10 Å². The van der Waals surface area contributed by atoms with Crippen LogP contribution in [-0.4, -0.2) is 58.1 Å². The van der Waals surface area contributed by atoms with Crippen LogP contribution in [0.5, 0.6) is 0 Å². The van der Waals surface area contributed by atoms with Crippen LogP contribution in [0.15, 0.2) is 23.1 Å². The number of hydrogen-bond acceptors (Lipinski definition) is 8. The number of rotatable bonds is 11. The van der Waals surface area contributed by atoms with E-state index in [-0.39, 0.29) is 37.0 Å². The van der Waals surface area contributed by atoms with Crippen molar-refractivity contribution in [2.75, 3.05) is 5.32 Å². The molecule has 5 rings (SSSR count). The normalized spacial score (nSPS) is 25.3. The van der Waals surface area contributed by atoms with E-state index < -0.39 is 47.2 Å². The number of anilines is 1. The first-order chi connectivity index (χ1) is 20.2. The molecule has 1 unspecified atom stereocenters. The third-order valence-corrected chi connectivity index (χ3v) is 8.50. The summed E-state index contributed by atoms with van der Waals surface area (Å²) in [4.78, 5) is 75.1. The van der Waals surface area contributed by atoms with E-state index in [0.717, 1.165) is 44.4 Å². The van der Waals surface area contributed by atoms with Gasteiger partial charge >= 0.3 is 12.1 Å². The first-order valence-corrected chi connectivity index (χ1v) is 14.9. The molecule has 4 saturated carbocycles. The molecule has 4 aliphatic carbocycles. The number of primary amides is 1.